The Balaban J connectivity index is 1.86. The lowest BCUT2D eigenvalue weighted by molar-refractivity contribution is -0.123. The lowest BCUT2D eigenvalue weighted by Crippen LogP contribution is -2.49. The summed E-state index contributed by atoms with van der Waals surface area (Å²) in [5, 5.41) is 13.2. The molecule has 0 bridgehead atoms. The molecular formula is C15H20ClNO2. The van der Waals surface area contributed by atoms with Crippen LogP contribution in [-0.2, 0) is 11.2 Å². The van der Waals surface area contributed by atoms with E-state index >= 15 is 0 Å². The predicted molar refractivity (Wildman–Crippen MR) is 76.2 cm³/mol. The molecule has 1 aliphatic carbocycles. The van der Waals surface area contributed by atoms with Crippen LogP contribution in [0.5, 0.6) is 0 Å². The average Bonchev–Trinajstić information content (AvgIpc) is 2.87. The predicted octanol–water partition coefficient (Wildman–Crippen LogP) is 2.69. The normalized spacial score (nSPS) is 17.4. The van der Waals surface area contributed by atoms with Gasteiger partial charge in [0.15, 0.2) is 0 Å². The van der Waals surface area contributed by atoms with Gasteiger partial charge in [-0.3, -0.25) is 4.79 Å². The van der Waals surface area contributed by atoms with Gasteiger partial charge in [0.25, 0.3) is 0 Å². The molecule has 1 aromatic rings. The summed E-state index contributed by atoms with van der Waals surface area (Å²) in [5.41, 5.74) is 0.612. The van der Waals surface area contributed by atoms with Crippen LogP contribution in [0.1, 0.15) is 37.7 Å². The van der Waals surface area contributed by atoms with E-state index in [-0.39, 0.29) is 18.1 Å². The zero-order valence-electron chi connectivity index (χ0n) is 11.0. The van der Waals surface area contributed by atoms with E-state index in [2.05, 4.69) is 5.32 Å². The Morgan fingerprint density at radius 2 is 2.00 bits per heavy atom. The molecule has 0 heterocycles. The van der Waals surface area contributed by atoms with Gasteiger partial charge >= 0.3 is 0 Å². The first-order valence-corrected chi connectivity index (χ1v) is 7.18. The van der Waals surface area contributed by atoms with E-state index in [9.17, 15) is 9.90 Å². The zero-order chi connectivity index (χ0) is 13.7. The maximum Gasteiger partial charge on any atom is 0.220 e. The number of benzene rings is 1. The number of carbonyl (C=O) groups excluding carboxylic acids is 1. The van der Waals surface area contributed by atoms with Crippen molar-refractivity contribution in [3.05, 3.63) is 34.9 Å². The molecule has 0 radical (unpaired) electrons. The van der Waals surface area contributed by atoms with Crippen molar-refractivity contribution in [3.8, 4) is 0 Å². The Morgan fingerprint density at radius 3 is 2.63 bits per heavy atom. The molecule has 1 aromatic carbocycles. The third kappa shape index (κ3) is 3.71. The number of hydrogen-bond donors (Lipinski definition) is 2. The largest absolute Gasteiger partial charge is 0.394 e. The molecule has 4 heteroatoms. The minimum absolute atomic E-state index is 0.00382. The number of rotatable bonds is 5. The highest BCUT2D eigenvalue weighted by atomic mass is 35.5. The second-order valence-corrected chi connectivity index (χ2v) is 5.69. The second kappa shape index (κ2) is 6.40. The van der Waals surface area contributed by atoms with Crippen LogP contribution in [0.4, 0.5) is 0 Å². The van der Waals surface area contributed by atoms with E-state index in [1.165, 1.54) is 0 Å². The minimum atomic E-state index is -0.377. The molecule has 3 nitrogen and oxygen atoms in total. The fourth-order valence-electron chi connectivity index (χ4n) is 2.68. The van der Waals surface area contributed by atoms with Crippen molar-refractivity contribution in [1.82, 2.24) is 5.32 Å². The highest BCUT2D eigenvalue weighted by Gasteiger charge is 2.34. The Kier molecular flexibility index (Phi) is 4.83. The molecule has 0 saturated heterocycles. The van der Waals surface area contributed by atoms with Crippen molar-refractivity contribution in [2.24, 2.45) is 0 Å². The topological polar surface area (TPSA) is 49.3 Å². The summed E-state index contributed by atoms with van der Waals surface area (Å²) in [6.45, 7) is 0.0326. The summed E-state index contributed by atoms with van der Waals surface area (Å²) in [4.78, 5) is 12.0. The third-order valence-electron chi connectivity index (χ3n) is 3.85. The van der Waals surface area contributed by atoms with Crippen LogP contribution in [0.15, 0.2) is 24.3 Å². The van der Waals surface area contributed by atoms with Gasteiger partial charge in [-0.15, -0.1) is 0 Å². The van der Waals surface area contributed by atoms with Crippen LogP contribution < -0.4 is 5.32 Å². The van der Waals surface area contributed by atoms with Crippen molar-refractivity contribution >= 4 is 17.5 Å². The van der Waals surface area contributed by atoms with Gasteiger partial charge in [-0.25, -0.2) is 0 Å². The number of carbonyl (C=O) groups is 1. The number of amides is 1. The van der Waals surface area contributed by atoms with Gasteiger partial charge in [0.1, 0.15) is 0 Å². The zero-order valence-corrected chi connectivity index (χ0v) is 11.7. The fourth-order valence-corrected chi connectivity index (χ4v) is 2.91. The van der Waals surface area contributed by atoms with Crippen LogP contribution >= 0.6 is 11.6 Å². The number of aliphatic hydroxyl groups excluding tert-OH is 1. The summed E-state index contributed by atoms with van der Waals surface area (Å²) in [6.07, 6.45) is 4.94. The third-order valence-corrected chi connectivity index (χ3v) is 4.22. The lowest BCUT2D eigenvalue weighted by Gasteiger charge is -2.28. The Morgan fingerprint density at radius 1 is 1.32 bits per heavy atom. The van der Waals surface area contributed by atoms with Gasteiger partial charge < -0.3 is 10.4 Å². The average molecular weight is 282 g/mol. The Bertz CT molecular complexity index is 442. The molecule has 2 rings (SSSR count). The molecule has 1 saturated carbocycles. The van der Waals surface area contributed by atoms with Crippen LogP contribution in [-0.4, -0.2) is 23.2 Å². The molecule has 2 N–H and O–H groups in total. The van der Waals surface area contributed by atoms with Crippen molar-refractivity contribution < 1.29 is 9.90 Å². The number of halogens is 1. The summed E-state index contributed by atoms with van der Waals surface area (Å²) < 4.78 is 0. The minimum Gasteiger partial charge on any atom is -0.394 e. The molecule has 1 amide bonds. The smallest absolute Gasteiger partial charge is 0.220 e. The van der Waals surface area contributed by atoms with Gasteiger partial charge in [-0.05, 0) is 30.9 Å². The fraction of sp³-hybridized carbons (Fsp3) is 0.533. The molecule has 0 spiro atoms. The van der Waals surface area contributed by atoms with Crippen LogP contribution in [0, 0.1) is 0 Å². The summed E-state index contributed by atoms with van der Waals surface area (Å²) >= 11 is 6.06. The Hall–Kier alpha value is -1.06. The van der Waals surface area contributed by atoms with E-state index in [0.717, 1.165) is 31.2 Å². The Labute approximate surface area is 119 Å². The van der Waals surface area contributed by atoms with Crippen LogP contribution in [0.3, 0.4) is 0 Å². The second-order valence-electron chi connectivity index (χ2n) is 5.29. The first-order chi connectivity index (χ1) is 9.15. The van der Waals surface area contributed by atoms with Gasteiger partial charge in [0.2, 0.25) is 5.91 Å². The van der Waals surface area contributed by atoms with E-state index in [0.29, 0.717) is 17.9 Å². The molecule has 19 heavy (non-hydrogen) atoms. The number of aliphatic hydroxyl groups is 1. The summed E-state index contributed by atoms with van der Waals surface area (Å²) in [5.74, 6) is -0.00382. The summed E-state index contributed by atoms with van der Waals surface area (Å²) in [7, 11) is 0. The van der Waals surface area contributed by atoms with Crippen molar-refractivity contribution in [1.29, 1.82) is 0 Å². The summed E-state index contributed by atoms with van der Waals surface area (Å²) in [6, 6.07) is 7.57. The van der Waals surface area contributed by atoms with Gasteiger partial charge in [-0.2, -0.15) is 0 Å². The standard InChI is InChI=1S/C15H20ClNO2/c16-13-6-2-1-5-12(13)7-8-14(19)17-15(11-18)9-3-4-10-15/h1-2,5-6,18H,3-4,7-11H2,(H,17,19). The van der Waals surface area contributed by atoms with E-state index < -0.39 is 0 Å². The lowest BCUT2D eigenvalue weighted by atomic mass is 9.98. The maximum absolute atomic E-state index is 12.0. The van der Waals surface area contributed by atoms with E-state index in [4.69, 9.17) is 11.6 Å². The monoisotopic (exact) mass is 281 g/mol. The van der Waals surface area contributed by atoms with Gasteiger partial charge in [-0.1, -0.05) is 42.6 Å². The van der Waals surface area contributed by atoms with Gasteiger partial charge in [0.05, 0.1) is 12.1 Å². The molecule has 104 valence electrons. The van der Waals surface area contributed by atoms with Crippen molar-refractivity contribution in [2.45, 2.75) is 44.1 Å². The number of nitrogens with one attached hydrogen (secondary N) is 1. The van der Waals surface area contributed by atoms with Crippen LogP contribution in [0.25, 0.3) is 0 Å². The first-order valence-electron chi connectivity index (χ1n) is 6.80. The quantitative estimate of drug-likeness (QED) is 0.872. The van der Waals surface area contributed by atoms with E-state index in [1.54, 1.807) is 0 Å². The van der Waals surface area contributed by atoms with Gasteiger partial charge in [0, 0.05) is 11.4 Å². The molecular weight excluding hydrogens is 262 g/mol. The highest BCUT2D eigenvalue weighted by molar-refractivity contribution is 6.31. The van der Waals surface area contributed by atoms with Crippen LogP contribution in [0.2, 0.25) is 5.02 Å². The SMILES string of the molecule is O=C(CCc1ccccc1Cl)NC1(CO)CCCC1. The maximum atomic E-state index is 12.0. The molecule has 1 fully saturated rings. The van der Waals surface area contributed by atoms with E-state index in [1.807, 2.05) is 24.3 Å². The number of aryl methyl sites for hydroxylation is 1. The van der Waals surface area contributed by atoms with Crippen molar-refractivity contribution in [3.63, 3.8) is 0 Å². The van der Waals surface area contributed by atoms with Crippen molar-refractivity contribution in [2.75, 3.05) is 6.61 Å². The molecule has 0 aliphatic heterocycles. The molecule has 0 unspecified atom stereocenters. The number of hydrogen-bond acceptors (Lipinski definition) is 2. The molecule has 1 aliphatic rings. The first kappa shape index (κ1) is 14.4. The highest BCUT2D eigenvalue weighted by Crippen LogP contribution is 2.29. The molecule has 0 atom stereocenters. The molecule has 0 aromatic heterocycles.